The molecule has 0 aliphatic rings. The van der Waals surface area contributed by atoms with E-state index in [0.717, 1.165) is 11.1 Å². The molecule has 0 amide bonds. The summed E-state index contributed by atoms with van der Waals surface area (Å²) in [5, 5.41) is 13.4. The highest BCUT2D eigenvalue weighted by atomic mass is 35.5. The molecule has 0 saturated carbocycles. The van der Waals surface area contributed by atoms with Crippen molar-refractivity contribution in [1.29, 1.82) is 0 Å². The van der Waals surface area contributed by atoms with E-state index in [0.29, 0.717) is 10.7 Å². The topological polar surface area (TPSA) is 55.1 Å². The normalized spacial score (nSPS) is 10.5. The van der Waals surface area contributed by atoms with Crippen LogP contribution in [0.5, 0.6) is 0 Å². The van der Waals surface area contributed by atoms with Crippen molar-refractivity contribution in [3.63, 3.8) is 0 Å². The van der Waals surface area contributed by atoms with Gasteiger partial charge >= 0.3 is 5.97 Å². The van der Waals surface area contributed by atoms with Crippen LogP contribution in [0.1, 0.15) is 16.1 Å². The number of benzene rings is 1. The molecule has 88 valence electrons. The minimum absolute atomic E-state index is 0.0140. The van der Waals surface area contributed by atoms with Crippen LogP contribution in [0.25, 0.3) is 11.3 Å². The Balaban J connectivity index is 2.60. The molecule has 1 N–H and O–H groups in total. The van der Waals surface area contributed by atoms with E-state index in [1.54, 1.807) is 13.1 Å². The van der Waals surface area contributed by atoms with E-state index >= 15 is 0 Å². The fourth-order valence-corrected chi connectivity index (χ4v) is 1.87. The summed E-state index contributed by atoms with van der Waals surface area (Å²) in [5.41, 5.74) is 2.55. The lowest BCUT2D eigenvalue weighted by Gasteiger charge is -2.05. The summed E-state index contributed by atoms with van der Waals surface area (Å²) in [6.45, 7) is 1.95. The average molecular weight is 251 g/mol. The van der Waals surface area contributed by atoms with E-state index in [1.165, 1.54) is 10.7 Å². The van der Waals surface area contributed by atoms with Crippen molar-refractivity contribution in [2.45, 2.75) is 6.92 Å². The number of hydrogen-bond acceptors (Lipinski definition) is 2. The number of carboxylic acids is 1. The van der Waals surface area contributed by atoms with Gasteiger partial charge in [-0.15, -0.1) is 0 Å². The molecule has 4 nitrogen and oxygen atoms in total. The zero-order valence-electron chi connectivity index (χ0n) is 9.44. The number of rotatable bonds is 2. The van der Waals surface area contributed by atoms with Gasteiger partial charge < -0.3 is 5.11 Å². The molecule has 2 aromatic rings. The van der Waals surface area contributed by atoms with Crippen LogP contribution in [0.4, 0.5) is 0 Å². The lowest BCUT2D eigenvalue weighted by Crippen LogP contribution is -1.99. The number of aromatic nitrogens is 2. The molecule has 0 fully saturated rings. The van der Waals surface area contributed by atoms with Crippen molar-refractivity contribution in [2.75, 3.05) is 0 Å². The summed E-state index contributed by atoms with van der Waals surface area (Å²) in [4.78, 5) is 10.8. The predicted molar refractivity (Wildman–Crippen MR) is 65.4 cm³/mol. The summed E-state index contributed by atoms with van der Waals surface area (Å²) in [6, 6.07) is 7.12. The zero-order valence-corrected chi connectivity index (χ0v) is 10.2. The van der Waals surface area contributed by atoms with Crippen LogP contribution in [0, 0.1) is 6.92 Å². The third-order valence-corrected chi connectivity index (χ3v) is 2.83. The molecule has 1 aromatic carbocycles. The van der Waals surface area contributed by atoms with Crippen LogP contribution < -0.4 is 0 Å². The van der Waals surface area contributed by atoms with Gasteiger partial charge in [-0.2, -0.15) is 5.10 Å². The maximum absolute atomic E-state index is 10.8. The maximum atomic E-state index is 10.8. The summed E-state index contributed by atoms with van der Waals surface area (Å²) in [5.74, 6) is -1.05. The van der Waals surface area contributed by atoms with Crippen molar-refractivity contribution in [2.24, 2.45) is 7.05 Å². The number of nitrogens with zero attached hydrogens (tertiary/aromatic N) is 2. The Labute approximate surface area is 103 Å². The van der Waals surface area contributed by atoms with E-state index in [1.807, 2.05) is 19.1 Å². The van der Waals surface area contributed by atoms with Gasteiger partial charge in [-0.25, -0.2) is 4.79 Å². The van der Waals surface area contributed by atoms with E-state index in [4.69, 9.17) is 16.7 Å². The lowest BCUT2D eigenvalue weighted by molar-refractivity contribution is 0.0689. The summed E-state index contributed by atoms with van der Waals surface area (Å²) in [6.07, 6.45) is 0. The first-order valence-electron chi connectivity index (χ1n) is 5.03. The van der Waals surface area contributed by atoms with Crippen LogP contribution in [0.15, 0.2) is 24.3 Å². The second kappa shape index (κ2) is 4.22. The predicted octanol–water partition coefficient (Wildman–Crippen LogP) is 2.75. The summed E-state index contributed by atoms with van der Waals surface area (Å²) < 4.78 is 1.52. The molecule has 0 bridgehead atoms. The molecule has 0 saturated heterocycles. The highest BCUT2D eigenvalue weighted by molar-refractivity contribution is 6.33. The van der Waals surface area contributed by atoms with Crippen molar-refractivity contribution in [1.82, 2.24) is 9.78 Å². The van der Waals surface area contributed by atoms with Gasteiger partial charge in [0.25, 0.3) is 0 Å². The SMILES string of the molecule is Cc1ccc(Cl)c(-c2cc(C(=O)O)nn2C)c1. The molecule has 2 rings (SSSR count). The third kappa shape index (κ3) is 2.17. The number of aryl methyl sites for hydroxylation is 2. The average Bonchev–Trinajstić information content (AvgIpc) is 2.64. The molecule has 5 heteroatoms. The fraction of sp³-hybridized carbons (Fsp3) is 0.167. The molecular formula is C12H11ClN2O2. The van der Waals surface area contributed by atoms with Crippen LogP contribution in [0.3, 0.4) is 0 Å². The molecule has 17 heavy (non-hydrogen) atoms. The Bertz CT molecular complexity index is 590. The Morgan fingerprint density at radius 2 is 2.12 bits per heavy atom. The Morgan fingerprint density at radius 3 is 2.71 bits per heavy atom. The number of hydrogen-bond donors (Lipinski definition) is 1. The lowest BCUT2D eigenvalue weighted by atomic mass is 10.1. The van der Waals surface area contributed by atoms with Crippen molar-refractivity contribution in [3.8, 4) is 11.3 Å². The van der Waals surface area contributed by atoms with Crippen LogP contribution in [0.2, 0.25) is 5.02 Å². The quantitative estimate of drug-likeness (QED) is 0.892. The first kappa shape index (κ1) is 11.7. The Morgan fingerprint density at radius 1 is 1.41 bits per heavy atom. The second-order valence-corrected chi connectivity index (χ2v) is 4.23. The van der Waals surface area contributed by atoms with Crippen LogP contribution in [-0.4, -0.2) is 20.9 Å². The first-order chi connectivity index (χ1) is 7.99. The van der Waals surface area contributed by atoms with Gasteiger partial charge in [0.2, 0.25) is 0 Å². The highest BCUT2D eigenvalue weighted by Crippen LogP contribution is 2.28. The standard InChI is InChI=1S/C12H11ClN2O2/c1-7-3-4-9(13)8(5-7)11-6-10(12(16)17)14-15(11)2/h3-6H,1-2H3,(H,16,17). The van der Waals surface area contributed by atoms with Gasteiger partial charge in [-0.3, -0.25) is 4.68 Å². The highest BCUT2D eigenvalue weighted by Gasteiger charge is 2.14. The number of halogens is 1. The molecule has 0 radical (unpaired) electrons. The maximum Gasteiger partial charge on any atom is 0.356 e. The Hall–Kier alpha value is -1.81. The minimum Gasteiger partial charge on any atom is -0.476 e. The second-order valence-electron chi connectivity index (χ2n) is 3.83. The van der Waals surface area contributed by atoms with Gasteiger partial charge in [-0.1, -0.05) is 23.2 Å². The van der Waals surface area contributed by atoms with Gasteiger partial charge in [0, 0.05) is 17.6 Å². The molecule has 0 unspecified atom stereocenters. The van der Waals surface area contributed by atoms with E-state index in [9.17, 15) is 4.79 Å². The number of aromatic carboxylic acids is 1. The third-order valence-electron chi connectivity index (χ3n) is 2.50. The first-order valence-corrected chi connectivity index (χ1v) is 5.40. The fourth-order valence-electron chi connectivity index (χ4n) is 1.66. The van der Waals surface area contributed by atoms with E-state index in [-0.39, 0.29) is 5.69 Å². The van der Waals surface area contributed by atoms with Gasteiger partial charge in [0.1, 0.15) is 0 Å². The molecule has 1 aromatic heterocycles. The number of carbonyl (C=O) groups is 1. The number of carboxylic acid groups (broad SMARTS) is 1. The van der Waals surface area contributed by atoms with Gasteiger partial charge in [0.15, 0.2) is 5.69 Å². The largest absolute Gasteiger partial charge is 0.476 e. The van der Waals surface area contributed by atoms with Crippen LogP contribution in [-0.2, 0) is 7.05 Å². The molecule has 0 aliphatic heterocycles. The van der Waals surface area contributed by atoms with Crippen molar-refractivity contribution >= 4 is 17.6 Å². The monoisotopic (exact) mass is 250 g/mol. The van der Waals surface area contributed by atoms with Gasteiger partial charge in [-0.05, 0) is 25.1 Å². The summed E-state index contributed by atoms with van der Waals surface area (Å²) >= 11 is 6.10. The minimum atomic E-state index is -1.05. The smallest absolute Gasteiger partial charge is 0.356 e. The van der Waals surface area contributed by atoms with Crippen molar-refractivity contribution < 1.29 is 9.90 Å². The van der Waals surface area contributed by atoms with Gasteiger partial charge in [0.05, 0.1) is 5.69 Å². The van der Waals surface area contributed by atoms with E-state index in [2.05, 4.69) is 5.10 Å². The van der Waals surface area contributed by atoms with Crippen LogP contribution >= 0.6 is 11.6 Å². The van der Waals surface area contributed by atoms with Crippen molar-refractivity contribution in [3.05, 3.63) is 40.5 Å². The Kier molecular flexibility index (Phi) is 2.90. The molecule has 1 heterocycles. The molecular weight excluding hydrogens is 240 g/mol. The van der Waals surface area contributed by atoms with E-state index < -0.39 is 5.97 Å². The molecule has 0 atom stereocenters. The zero-order chi connectivity index (χ0) is 12.6. The molecule has 0 spiro atoms. The summed E-state index contributed by atoms with van der Waals surface area (Å²) in [7, 11) is 1.69. The molecule has 0 aliphatic carbocycles.